The number of carbonyl (C=O) groups is 1. The van der Waals surface area contributed by atoms with Crippen molar-refractivity contribution in [1.29, 1.82) is 0 Å². The van der Waals surface area contributed by atoms with Crippen LogP contribution in [0.15, 0.2) is 29.2 Å². The van der Waals surface area contributed by atoms with Crippen LogP contribution in [-0.4, -0.2) is 102 Å². The standard InChI is InChI=1S/C7H5NO3S.2C5H14NO.ClH/c9-7-5-3-1-2-4-6(5)12(10,11)8-7;2*1-6(2,3)4-5-7;/h1-4H,(H,8,9);2*7H,4-5H2,1-3H3;1H/q;2*+1;/p-2. The van der Waals surface area contributed by atoms with Gasteiger partial charge in [-0.25, -0.2) is 8.42 Å². The first-order valence-corrected chi connectivity index (χ1v) is 9.61. The maximum absolute atomic E-state index is 11.1. The van der Waals surface area contributed by atoms with Gasteiger partial charge in [-0.15, -0.1) is 0 Å². The van der Waals surface area contributed by atoms with Crippen molar-refractivity contribution in [3.8, 4) is 0 Å². The van der Waals surface area contributed by atoms with Gasteiger partial charge in [0.25, 0.3) is 0 Å². The second-order valence-corrected chi connectivity index (χ2v) is 9.42. The molecule has 2 rings (SSSR count). The van der Waals surface area contributed by atoms with Crippen LogP contribution in [0.5, 0.6) is 0 Å². The van der Waals surface area contributed by atoms with Crippen molar-refractivity contribution in [3.63, 3.8) is 0 Å². The third kappa shape index (κ3) is 12.0. The van der Waals surface area contributed by atoms with Gasteiger partial charge < -0.3 is 41.1 Å². The molecule has 1 amide bonds. The molecule has 0 saturated carbocycles. The number of quaternary nitrogens is 2. The number of fused-ring (bicyclic) bond motifs is 1. The summed E-state index contributed by atoms with van der Waals surface area (Å²) in [6, 6.07) is 5.99. The van der Waals surface area contributed by atoms with E-state index in [1.165, 1.54) is 12.1 Å². The number of hydrogen-bond acceptors (Lipinski definition) is 5. The first-order valence-electron chi connectivity index (χ1n) is 8.17. The Bertz CT molecular complexity index is 667. The highest BCUT2D eigenvalue weighted by Crippen LogP contribution is 2.30. The Morgan fingerprint density at radius 3 is 1.59 bits per heavy atom. The van der Waals surface area contributed by atoms with Crippen LogP contribution in [0.25, 0.3) is 4.72 Å². The predicted molar refractivity (Wildman–Crippen MR) is 101 cm³/mol. The first-order chi connectivity index (χ1) is 11.7. The average Bonchev–Trinajstić information content (AvgIpc) is 2.68. The molecule has 0 atom stereocenters. The summed E-state index contributed by atoms with van der Waals surface area (Å²) in [4.78, 5) is 10.9. The molecule has 1 aromatic rings. The SMILES string of the molecule is C[N+](C)(C)CCO.C[N+](C)(C)CCO.O=C1[N-]S(=O)(=O)c2ccccc21.[Cl-]. The molecule has 27 heavy (non-hydrogen) atoms. The number of halogens is 1. The minimum absolute atomic E-state index is 0. The first kappa shape index (κ1) is 28.0. The number of aliphatic hydroxyl groups is 2. The second-order valence-electron chi connectivity index (χ2n) is 7.84. The van der Waals surface area contributed by atoms with E-state index in [-0.39, 0.29) is 36.1 Å². The molecular weight excluding hydrogens is 394 g/mol. The Kier molecular flexibility index (Phi) is 12.0. The van der Waals surface area contributed by atoms with Crippen LogP contribution in [0.4, 0.5) is 0 Å². The van der Waals surface area contributed by atoms with Crippen LogP contribution in [0.3, 0.4) is 0 Å². The van der Waals surface area contributed by atoms with Gasteiger partial charge >= 0.3 is 0 Å². The van der Waals surface area contributed by atoms with Gasteiger partial charge in [-0.05, 0) is 6.07 Å². The summed E-state index contributed by atoms with van der Waals surface area (Å²) in [7, 11) is 8.63. The molecule has 8 nitrogen and oxygen atoms in total. The van der Waals surface area contributed by atoms with Crippen LogP contribution < -0.4 is 12.4 Å². The fourth-order valence-corrected chi connectivity index (χ4v) is 2.77. The van der Waals surface area contributed by atoms with Crippen LogP contribution in [0.2, 0.25) is 0 Å². The Balaban J connectivity index is 0. The number of likely N-dealkylation sites (N-methyl/N-ethyl adjacent to an activating group) is 2. The summed E-state index contributed by atoms with van der Waals surface area (Å²) in [5, 5.41) is 16.8. The summed E-state index contributed by atoms with van der Waals surface area (Å²) >= 11 is 0. The number of nitrogens with zero attached hydrogens (tertiary/aromatic N) is 3. The van der Waals surface area contributed by atoms with Crippen molar-refractivity contribution in [2.75, 3.05) is 68.6 Å². The molecule has 0 aromatic heterocycles. The Morgan fingerprint density at radius 1 is 0.889 bits per heavy atom. The number of rotatable bonds is 4. The molecular formula is C17H32ClN3O5S. The van der Waals surface area contributed by atoms with Crippen molar-refractivity contribution >= 4 is 15.9 Å². The number of carbonyl (C=O) groups excluding carboxylic acids is 1. The summed E-state index contributed by atoms with van der Waals surface area (Å²) in [6.45, 7) is 2.23. The van der Waals surface area contributed by atoms with E-state index in [9.17, 15) is 13.2 Å². The van der Waals surface area contributed by atoms with E-state index in [0.29, 0.717) is 0 Å². The monoisotopic (exact) mass is 425 g/mol. The molecule has 1 heterocycles. The minimum atomic E-state index is -3.68. The highest BCUT2D eigenvalue weighted by molar-refractivity contribution is 7.95. The number of sulfonamides is 1. The van der Waals surface area contributed by atoms with E-state index in [2.05, 4.69) is 47.0 Å². The average molecular weight is 426 g/mol. The maximum Gasteiger partial charge on any atom is 0.126 e. The molecule has 0 fully saturated rings. The largest absolute Gasteiger partial charge is 1.00 e. The molecule has 2 N–H and O–H groups in total. The highest BCUT2D eigenvalue weighted by Gasteiger charge is 2.20. The van der Waals surface area contributed by atoms with Gasteiger partial charge in [-0.2, -0.15) is 0 Å². The van der Waals surface area contributed by atoms with Crippen LogP contribution in [-0.2, 0) is 10.0 Å². The van der Waals surface area contributed by atoms with Gasteiger partial charge in [-0.1, -0.05) is 18.2 Å². The summed E-state index contributed by atoms with van der Waals surface area (Å²) in [5.74, 6) is -0.675. The molecule has 1 aliphatic heterocycles. The highest BCUT2D eigenvalue weighted by atomic mass is 35.5. The van der Waals surface area contributed by atoms with Gasteiger partial charge in [-0.3, -0.25) is 0 Å². The number of hydrogen-bond donors (Lipinski definition) is 2. The maximum atomic E-state index is 11.1. The quantitative estimate of drug-likeness (QED) is 0.510. The molecule has 10 heteroatoms. The summed E-state index contributed by atoms with van der Waals surface area (Å²) in [5.41, 5.74) is 0.164. The molecule has 0 unspecified atom stereocenters. The normalized spacial score (nSPS) is 14.4. The van der Waals surface area contributed by atoms with E-state index in [1.807, 2.05) is 0 Å². The van der Waals surface area contributed by atoms with Crippen LogP contribution in [0.1, 0.15) is 10.4 Å². The van der Waals surface area contributed by atoms with E-state index in [0.717, 1.165) is 22.1 Å². The topological polar surface area (TPSA) is 106 Å². The van der Waals surface area contributed by atoms with Gasteiger partial charge in [0.15, 0.2) is 0 Å². The van der Waals surface area contributed by atoms with Crippen LogP contribution >= 0.6 is 0 Å². The minimum Gasteiger partial charge on any atom is -1.00 e. The van der Waals surface area contributed by atoms with E-state index in [4.69, 9.17) is 10.2 Å². The molecule has 0 aliphatic carbocycles. The van der Waals surface area contributed by atoms with E-state index < -0.39 is 15.9 Å². The Morgan fingerprint density at radius 2 is 1.30 bits per heavy atom. The van der Waals surface area contributed by atoms with Gasteiger partial charge in [0.05, 0.1) is 66.3 Å². The smallest absolute Gasteiger partial charge is 0.126 e. The molecule has 1 aliphatic rings. The third-order valence-electron chi connectivity index (χ3n) is 3.14. The molecule has 0 bridgehead atoms. The molecule has 0 radical (unpaired) electrons. The molecule has 0 spiro atoms. The van der Waals surface area contributed by atoms with Crippen LogP contribution in [0, 0.1) is 0 Å². The fourth-order valence-electron chi connectivity index (χ4n) is 1.68. The van der Waals surface area contributed by atoms with Crippen molar-refractivity contribution in [2.45, 2.75) is 4.90 Å². The summed E-state index contributed by atoms with van der Waals surface area (Å²) in [6.07, 6.45) is 0. The van der Waals surface area contributed by atoms with E-state index >= 15 is 0 Å². The van der Waals surface area contributed by atoms with Gasteiger partial charge in [0.1, 0.15) is 23.1 Å². The zero-order valence-electron chi connectivity index (χ0n) is 16.9. The zero-order valence-corrected chi connectivity index (χ0v) is 18.5. The van der Waals surface area contributed by atoms with Crippen molar-refractivity contribution in [3.05, 3.63) is 34.6 Å². The van der Waals surface area contributed by atoms with Crippen molar-refractivity contribution in [1.82, 2.24) is 0 Å². The zero-order chi connectivity index (χ0) is 20.6. The summed E-state index contributed by atoms with van der Waals surface area (Å²) < 4.78 is 26.9. The fraction of sp³-hybridized carbons (Fsp3) is 0.588. The van der Waals surface area contributed by atoms with E-state index in [1.54, 1.807) is 12.1 Å². The lowest BCUT2D eigenvalue weighted by atomic mass is 10.2. The molecule has 1 aromatic carbocycles. The van der Waals surface area contributed by atoms with Crippen molar-refractivity contribution < 1.29 is 44.8 Å². The number of benzene rings is 1. The Labute approximate surface area is 169 Å². The lowest BCUT2D eigenvalue weighted by Crippen LogP contribution is -3.00. The van der Waals surface area contributed by atoms with Gasteiger partial charge in [0.2, 0.25) is 0 Å². The molecule has 158 valence electrons. The molecule has 0 saturated heterocycles. The van der Waals surface area contributed by atoms with Crippen molar-refractivity contribution in [2.24, 2.45) is 0 Å². The predicted octanol–water partition coefficient (Wildman–Crippen LogP) is -2.72. The Hall–Kier alpha value is -1.23. The van der Waals surface area contributed by atoms with Gasteiger partial charge in [0, 0.05) is 5.56 Å². The number of amides is 1. The second kappa shape index (κ2) is 11.6. The third-order valence-corrected chi connectivity index (χ3v) is 4.46. The number of aliphatic hydroxyl groups excluding tert-OH is 2. The lowest BCUT2D eigenvalue weighted by Gasteiger charge is -2.21. The lowest BCUT2D eigenvalue weighted by molar-refractivity contribution is -0.870.